The predicted molar refractivity (Wildman–Crippen MR) is 49.2 cm³/mol. The van der Waals surface area contributed by atoms with E-state index in [-0.39, 0.29) is 0 Å². The van der Waals surface area contributed by atoms with Gasteiger partial charge in [0.05, 0.1) is 13.1 Å². The van der Waals surface area contributed by atoms with Crippen LogP contribution in [0.2, 0.25) is 19.6 Å². The Morgan fingerprint density at radius 3 is 2.60 bits per heavy atom. The molecule has 56 valence electrons. The Hall–Kier alpha value is -0.153. The van der Waals surface area contributed by atoms with Crippen LogP contribution >= 0.6 is 11.3 Å². The van der Waals surface area contributed by atoms with Gasteiger partial charge in [0.15, 0.2) is 0 Å². The number of hydrogen-bond acceptors (Lipinski definition) is 2. The second kappa shape index (κ2) is 2.84. The summed E-state index contributed by atoms with van der Waals surface area (Å²) in [6, 6.07) is 1.23. The zero-order valence-corrected chi connectivity index (χ0v) is 8.53. The number of nitrogens with zero attached hydrogens (tertiary/aromatic N) is 1. The smallest absolute Gasteiger partial charge is 0.0898 e. The molecule has 0 aliphatic heterocycles. The third-order valence-electron chi connectivity index (χ3n) is 1.17. The van der Waals surface area contributed by atoms with Crippen molar-refractivity contribution in [2.45, 2.75) is 25.7 Å². The minimum absolute atomic E-state index is 0.914. The summed E-state index contributed by atoms with van der Waals surface area (Å²) in [5, 5.41) is 3.36. The Morgan fingerprint density at radius 2 is 2.20 bits per heavy atom. The van der Waals surface area contributed by atoms with Gasteiger partial charge in [0.25, 0.3) is 0 Å². The Bertz CT molecular complexity index is 188. The van der Waals surface area contributed by atoms with Crippen molar-refractivity contribution >= 4 is 19.4 Å². The molecule has 0 saturated carbocycles. The summed E-state index contributed by atoms with van der Waals surface area (Å²) < 4.78 is 0. The van der Waals surface area contributed by atoms with Gasteiger partial charge >= 0.3 is 0 Å². The van der Waals surface area contributed by atoms with Crippen molar-refractivity contribution < 1.29 is 0 Å². The lowest BCUT2D eigenvalue weighted by Gasteiger charge is -2.12. The molecule has 0 saturated heterocycles. The minimum Gasteiger partial charge on any atom is -0.250 e. The SMILES string of the molecule is C[Si](C)(C)Cc1nccs1. The monoisotopic (exact) mass is 171 g/mol. The van der Waals surface area contributed by atoms with Crippen LogP contribution < -0.4 is 0 Å². The molecule has 1 aromatic rings. The van der Waals surface area contributed by atoms with Crippen LogP contribution in [-0.4, -0.2) is 13.1 Å². The predicted octanol–water partition coefficient (Wildman–Crippen LogP) is 2.56. The Kier molecular flexibility index (Phi) is 2.26. The lowest BCUT2D eigenvalue weighted by molar-refractivity contribution is 1.22. The zero-order valence-electron chi connectivity index (χ0n) is 6.72. The maximum atomic E-state index is 4.25. The fourth-order valence-electron chi connectivity index (χ4n) is 0.794. The molecule has 1 heterocycles. The normalized spacial score (nSPS) is 11.9. The molecule has 0 aliphatic carbocycles. The van der Waals surface area contributed by atoms with Gasteiger partial charge in [-0.25, -0.2) is 0 Å². The number of rotatable bonds is 2. The largest absolute Gasteiger partial charge is 0.250 e. The zero-order chi connectivity index (χ0) is 7.61. The molecule has 0 bridgehead atoms. The van der Waals surface area contributed by atoms with Crippen LogP contribution in [0.4, 0.5) is 0 Å². The maximum Gasteiger partial charge on any atom is 0.0898 e. The minimum atomic E-state index is -0.914. The van der Waals surface area contributed by atoms with Crippen molar-refractivity contribution in [1.82, 2.24) is 4.98 Å². The second-order valence-electron chi connectivity index (χ2n) is 3.66. The van der Waals surface area contributed by atoms with Gasteiger partial charge in [-0.15, -0.1) is 11.3 Å². The van der Waals surface area contributed by atoms with Crippen LogP contribution in [0.15, 0.2) is 11.6 Å². The van der Waals surface area contributed by atoms with Gasteiger partial charge in [-0.2, -0.15) is 0 Å². The van der Waals surface area contributed by atoms with Crippen LogP contribution in [0, 0.1) is 0 Å². The van der Waals surface area contributed by atoms with E-state index < -0.39 is 8.07 Å². The summed E-state index contributed by atoms with van der Waals surface area (Å²) in [5.41, 5.74) is 0. The number of hydrogen-bond donors (Lipinski definition) is 0. The van der Waals surface area contributed by atoms with Gasteiger partial charge in [-0.1, -0.05) is 19.6 Å². The van der Waals surface area contributed by atoms with Crippen molar-refractivity contribution in [2.75, 3.05) is 0 Å². The number of thiazole rings is 1. The van der Waals surface area contributed by atoms with Crippen molar-refractivity contribution in [2.24, 2.45) is 0 Å². The van der Waals surface area contributed by atoms with Crippen LogP contribution in [0.25, 0.3) is 0 Å². The van der Waals surface area contributed by atoms with E-state index in [4.69, 9.17) is 0 Å². The van der Waals surface area contributed by atoms with Gasteiger partial charge in [-0.05, 0) is 6.04 Å². The van der Waals surface area contributed by atoms with Crippen LogP contribution in [0.1, 0.15) is 5.01 Å². The quantitative estimate of drug-likeness (QED) is 0.623. The van der Waals surface area contributed by atoms with Gasteiger partial charge in [0, 0.05) is 11.6 Å². The molecular weight excluding hydrogens is 158 g/mol. The van der Waals surface area contributed by atoms with Gasteiger partial charge in [0.1, 0.15) is 0 Å². The first-order valence-electron chi connectivity index (χ1n) is 3.46. The molecule has 0 spiro atoms. The van der Waals surface area contributed by atoms with Gasteiger partial charge in [-0.3, -0.25) is 4.98 Å². The topological polar surface area (TPSA) is 12.9 Å². The third-order valence-corrected chi connectivity index (χ3v) is 3.60. The molecule has 0 atom stereocenters. The molecule has 0 unspecified atom stereocenters. The van der Waals surface area contributed by atoms with E-state index in [0.717, 1.165) is 0 Å². The van der Waals surface area contributed by atoms with Crippen molar-refractivity contribution in [3.05, 3.63) is 16.6 Å². The number of aromatic nitrogens is 1. The second-order valence-corrected chi connectivity index (χ2v) is 10.1. The lowest BCUT2D eigenvalue weighted by atomic mass is 10.8. The van der Waals surface area contributed by atoms with Gasteiger partial charge < -0.3 is 0 Å². The molecule has 0 N–H and O–H groups in total. The molecule has 0 radical (unpaired) electrons. The van der Waals surface area contributed by atoms with Crippen LogP contribution in [0.5, 0.6) is 0 Å². The van der Waals surface area contributed by atoms with E-state index in [1.54, 1.807) is 11.3 Å². The van der Waals surface area contributed by atoms with Gasteiger partial charge in [0.2, 0.25) is 0 Å². The van der Waals surface area contributed by atoms with E-state index in [1.165, 1.54) is 11.1 Å². The Morgan fingerprint density at radius 1 is 1.50 bits per heavy atom. The highest BCUT2D eigenvalue weighted by Crippen LogP contribution is 2.12. The van der Waals surface area contributed by atoms with Crippen molar-refractivity contribution in [3.8, 4) is 0 Å². The average molecular weight is 171 g/mol. The summed E-state index contributed by atoms with van der Waals surface area (Å²) in [5.74, 6) is 0. The van der Waals surface area contributed by atoms with E-state index >= 15 is 0 Å². The van der Waals surface area contributed by atoms with E-state index in [0.29, 0.717) is 0 Å². The molecule has 3 heteroatoms. The maximum absolute atomic E-state index is 4.25. The van der Waals surface area contributed by atoms with Crippen LogP contribution in [-0.2, 0) is 6.04 Å². The summed E-state index contributed by atoms with van der Waals surface area (Å²) >= 11 is 1.77. The average Bonchev–Trinajstić information content (AvgIpc) is 2.12. The first-order chi connectivity index (χ1) is 4.58. The molecule has 1 aromatic heterocycles. The summed E-state index contributed by atoms with van der Waals surface area (Å²) in [6.07, 6.45) is 1.89. The molecule has 0 aliphatic rings. The first-order valence-corrected chi connectivity index (χ1v) is 8.05. The Labute approximate surface area is 67.1 Å². The third kappa shape index (κ3) is 2.62. The fraction of sp³-hybridized carbons (Fsp3) is 0.571. The van der Waals surface area contributed by atoms with E-state index in [2.05, 4.69) is 30.0 Å². The summed E-state index contributed by atoms with van der Waals surface area (Å²) in [6.45, 7) is 7.11. The molecule has 0 fully saturated rings. The standard InChI is InChI=1S/C7H13NSSi/c1-10(2,3)6-7-8-4-5-9-7/h4-5H,6H2,1-3H3. The molecule has 0 aromatic carbocycles. The Balaban J connectivity index is 2.57. The highest BCUT2D eigenvalue weighted by molar-refractivity contribution is 7.10. The summed E-state index contributed by atoms with van der Waals surface area (Å²) in [7, 11) is -0.914. The first kappa shape index (κ1) is 7.95. The molecular formula is C7H13NSSi. The lowest BCUT2D eigenvalue weighted by Crippen LogP contribution is -2.23. The highest BCUT2D eigenvalue weighted by Gasteiger charge is 2.14. The van der Waals surface area contributed by atoms with E-state index in [1.807, 2.05) is 6.20 Å². The van der Waals surface area contributed by atoms with Crippen molar-refractivity contribution in [3.63, 3.8) is 0 Å². The fourth-order valence-corrected chi connectivity index (χ4v) is 3.83. The van der Waals surface area contributed by atoms with E-state index in [9.17, 15) is 0 Å². The van der Waals surface area contributed by atoms with Crippen LogP contribution in [0.3, 0.4) is 0 Å². The molecule has 0 amide bonds. The highest BCUT2D eigenvalue weighted by atomic mass is 32.1. The van der Waals surface area contributed by atoms with Crippen molar-refractivity contribution in [1.29, 1.82) is 0 Å². The molecule has 1 nitrogen and oxygen atoms in total. The summed E-state index contributed by atoms with van der Waals surface area (Å²) in [4.78, 5) is 4.25. The molecule has 1 rings (SSSR count). The molecule has 10 heavy (non-hydrogen) atoms.